The van der Waals surface area contributed by atoms with Crippen molar-refractivity contribution < 1.29 is 9.32 Å². The molecule has 0 unspecified atom stereocenters. The Kier molecular flexibility index (Phi) is 5.36. The number of aryl methyl sites for hydroxylation is 3. The predicted octanol–water partition coefficient (Wildman–Crippen LogP) is 4.21. The smallest absolute Gasteiger partial charge is 0.222 e. The van der Waals surface area contributed by atoms with Gasteiger partial charge in [0.15, 0.2) is 5.76 Å². The summed E-state index contributed by atoms with van der Waals surface area (Å²) in [6, 6.07) is 6.15. The lowest BCUT2D eigenvalue weighted by atomic mass is 9.93. The Bertz CT molecular complexity index is 930. The molecule has 1 saturated heterocycles. The van der Waals surface area contributed by atoms with Crippen LogP contribution in [0.15, 0.2) is 22.7 Å². The number of rotatable bonds is 5. The van der Waals surface area contributed by atoms with Crippen molar-refractivity contribution >= 4 is 28.8 Å². The molecule has 1 aliphatic rings. The SMILES string of the molecule is Cc1cc(-c2snnc2[C@@H]2CCCN(C(=O)CCc3ccc(C)s3)C2)on1. The van der Waals surface area contributed by atoms with Crippen LogP contribution in [0.1, 0.15) is 46.3 Å². The van der Waals surface area contributed by atoms with E-state index in [2.05, 4.69) is 33.8 Å². The van der Waals surface area contributed by atoms with Crippen molar-refractivity contribution in [3.8, 4) is 10.6 Å². The van der Waals surface area contributed by atoms with Gasteiger partial charge in [-0.15, -0.1) is 16.4 Å². The van der Waals surface area contributed by atoms with Crippen molar-refractivity contribution in [2.24, 2.45) is 0 Å². The van der Waals surface area contributed by atoms with E-state index in [4.69, 9.17) is 4.52 Å². The second-order valence-corrected chi connectivity index (χ2v) is 9.14. The zero-order valence-corrected chi connectivity index (χ0v) is 17.1. The zero-order valence-electron chi connectivity index (χ0n) is 15.5. The number of thiophene rings is 1. The number of piperidine rings is 1. The second kappa shape index (κ2) is 7.90. The fraction of sp³-hybridized carbons (Fsp3) is 0.474. The van der Waals surface area contributed by atoms with E-state index in [1.807, 2.05) is 17.9 Å². The third kappa shape index (κ3) is 4.11. The highest BCUT2D eigenvalue weighted by molar-refractivity contribution is 7.11. The first-order valence-electron chi connectivity index (χ1n) is 9.19. The molecule has 6 nitrogen and oxygen atoms in total. The number of hydrogen-bond donors (Lipinski definition) is 0. The molecule has 142 valence electrons. The molecule has 0 radical (unpaired) electrons. The first-order chi connectivity index (χ1) is 13.1. The monoisotopic (exact) mass is 402 g/mol. The summed E-state index contributed by atoms with van der Waals surface area (Å²) in [7, 11) is 0. The van der Waals surface area contributed by atoms with Gasteiger partial charge in [-0.05, 0) is 56.8 Å². The second-order valence-electron chi connectivity index (χ2n) is 7.01. The summed E-state index contributed by atoms with van der Waals surface area (Å²) in [6.07, 6.45) is 3.38. The van der Waals surface area contributed by atoms with Crippen molar-refractivity contribution in [3.05, 3.63) is 39.3 Å². The number of amides is 1. The lowest BCUT2D eigenvalue weighted by Crippen LogP contribution is -2.39. The molecule has 8 heteroatoms. The third-order valence-corrected chi connectivity index (χ3v) is 6.72. The molecule has 0 aromatic carbocycles. The van der Waals surface area contributed by atoms with Crippen molar-refractivity contribution in [2.45, 2.75) is 45.4 Å². The van der Waals surface area contributed by atoms with E-state index in [0.717, 1.165) is 42.1 Å². The van der Waals surface area contributed by atoms with Gasteiger partial charge in [-0.1, -0.05) is 9.64 Å². The predicted molar refractivity (Wildman–Crippen MR) is 106 cm³/mol. The molecule has 0 N–H and O–H groups in total. The maximum absolute atomic E-state index is 12.7. The molecule has 1 aliphatic heterocycles. The molecule has 4 rings (SSSR count). The summed E-state index contributed by atoms with van der Waals surface area (Å²) in [5.74, 6) is 1.14. The highest BCUT2D eigenvalue weighted by Gasteiger charge is 2.29. The van der Waals surface area contributed by atoms with Crippen molar-refractivity contribution in [3.63, 3.8) is 0 Å². The Morgan fingerprint density at radius 2 is 2.26 bits per heavy atom. The average molecular weight is 403 g/mol. The van der Waals surface area contributed by atoms with E-state index in [1.165, 1.54) is 21.3 Å². The summed E-state index contributed by atoms with van der Waals surface area (Å²) in [6.45, 7) is 5.53. The summed E-state index contributed by atoms with van der Waals surface area (Å²) in [5.41, 5.74) is 1.77. The number of carbonyl (C=O) groups is 1. The van der Waals surface area contributed by atoms with Crippen LogP contribution in [0.25, 0.3) is 10.6 Å². The Hall–Kier alpha value is -2.06. The van der Waals surface area contributed by atoms with E-state index < -0.39 is 0 Å². The normalized spacial score (nSPS) is 17.4. The molecule has 3 aromatic heterocycles. The van der Waals surface area contributed by atoms with Crippen LogP contribution < -0.4 is 0 Å². The Balaban J connectivity index is 1.42. The van der Waals surface area contributed by atoms with Gasteiger partial charge in [-0.2, -0.15) is 0 Å². The fourth-order valence-corrected chi connectivity index (χ4v) is 5.13. The molecule has 0 aliphatic carbocycles. The van der Waals surface area contributed by atoms with Crippen LogP contribution in [0.2, 0.25) is 0 Å². The molecular formula is C19H22N4O2S2. The maximum Gasteiger partial charge on any atom is 0.222 e. The van der Waals surface area contributed by atoms with Crippen molar-refractivity contribution in [1.82, 2.24) is 19.6 Å². The van der Waals surface area contributed by atoms with Gasteiger partial charge in [-0.3, -0.25) is 4.79 Å². The van der Waals surface area contributed by atoms with Crippen LogP contribution in [0.3, 0.4) is 0 Å². The molecule has 0 spiro atoms. The van der Waals surface area contributed by atoms with Crippen LogP contribution in [0.4, 0.5) is 0 Å². The lowest BCUT2D eigenvalue weighted by Gasteiger charge is -2.32. The molecule has 1 fully saturated rings. The number of likely N-dealkylation sites (tertiary alicyclic amines) is 1. The topological polar surface area (TPSA) is 72.1 Å². The minimum absolute atomic E-state index is 0.200. The molecule has 4 heterocycles. The van der Waals surface area contributed by atoms with Gasteiger partial charge >= 0.3 is 0 Å². The minimum atomic E-state index is 0.200. The van der Waals surface area contributed by atoms with Gasteiger partial charge in [-0.25, -0.2) is 0 Å². The summed E-state index contributed by atoms with van der Waals surface area (Å²) < 4.78 is 9.54. The summed E-state index contributed by atoms with van der Waals surface area (Å²) in [5, 5.41) is 8.33. The highest BCUT2D eigenvalue weighted by Crippen LogP contribution is 2.35. The van der Waals surface area contributed by atoms with Crippen LogP contribution in [-0.4, -0.2) is 38.6 Å². The van der Waals surface area contributed by atoms with E-state index in [1.54, 1.807) is 11.3 Å². The highest BCUT2D eigenvalue weighted by atomic mass is 32.1. The van der Waals surface area contributed by atoms with E-state index in [-0.39, 0.29) is 11.8 Å². The van der Waals surface area contributed by atoms with E-state index >= 15 is 0 Å². The number of aromatic nitrogens is 3. The molecular weight excluding hydrogens is 380 g/mol. The standard InChI is InChI=1S/C19H22N4O2S2/c1-12-10-16(25-21-12)19-18(20-22-27-19)14-4-3-9-23(11-14)17(24)8-7-15-6-5-13(2)26-15/h5-6,10,14H,3-4,7-9,11H2,1-2H3/t14-/m1/s1. The molecule has 1 amide bonds. The average Bonchev–Trinajstić information content (AvgIpc) is 3.40. The Labute approximate surface area is 166 Å². The van der Waals surface area contributed by atoms with Gasteiger partial charge in [0.2, 0.25) is 5.91 Å². The van der Waals surface area contributed by atoms with Crippen LogP contribution in [0, 0.1) is 13.8 Å². The van der Waals surface area contributed by atoms with Crippen molar-refractivity contribution in [2.75, 3.05) is 13.1 Å². The molecule has 27 heavy (non-hydrogen) atoms. The summed E-state index contributed by atoms with van der Waals surface area (Å²) in [4.78, 5) is 18.2. The first-order valence-corrected chi connectivity index (χ1v) is 10.8. The molecule has 3 aromatic rings. The lowest BCUT2D eigenvalue weighted by molar-refractivity contribution is -0.132. The largest absolute Gasteiger partial charge is 0.355 e. The molecule has 0 saturated carbocycles. The molecule has 1 atom stereocenters. The van der Waals surface area contributed by atoms with E-state index in [9.17, 15) is 4.79 Å². The van der Waals surface area contributed by atoms with Crippen LogP contribution in [0.5, 0.6) is 0 Å². The quantitative estimate of drug-likeness (QED) is 0.639. The van der Waals surface area contributed by atoms with Crippen molar-refractivity contribution in [1.29, 1.82) is 0 Å². The van der Waals surface area contributed by atoms with E-state index in [0.29, 0.717) is 18.7 Å². The number of nitrogens with zero attached hydrogens (tertiary/aromatic N) is 4. The van der Waals surface area contributed by atoms with Gasteiger partial charge in [0.05, 0.1) is 11.4 Å². The maximum atomic E-state index is 12.7. The van der Waals surface area contributed by atoms with Gasteiger partial charge in [0.1, 0.15) is 4.88 Å². The Morgan fingerprint density at radius 3 is 3.00 bits per heavy atom. The van der Waals surface area contributed by atoms with Gasteiger partial charge < -0.3 is 9.42 Å². The number of carbonyl (C=O) groups excluding carboxylic acids is 1. The zero-order chi connectivity index (χ0) is 18.8. The van der Waals surface area contributed by atoms with Gasteiger partial charge in [0, 0.05) is 41.2 Å². The van der Waals surface area contributed by atoms with Gasteiger partial charge in [0.25, 0.3) is 0 Å². The Morgan fingerprint density at radius 1 is 1.37 bits per heavy atom. The first kappa shape index (κ1) is 18.3. The van der Waals surface area contributed by atoms with Crippen LogP contribution in [-0.2, 0) is 11.2 Å². The molecule has 0 bridgehead atoms. The van der Waals surface area contributed by atoms with Crippen LogP contribution >= 0.6 is 22.9 Å². The third-order valence-electron chi connectivity index (χ3n) is 4.91. The fourth-order valence-electron chi connectivity index (χ4n) is 3.54. The minimum Gasteiger partial charge on any atom is -0.355 e. The summed E-state index contributed by atoms with van der Waals surface area (Å²) >= 11 is 3.10. The number of hydrogen-bond acceptors (Lipinski definition) is 7.